The zero-order valence-corrected chi connectivity index (χ0v) is 24.6. The van der Waals surface area contributed by atoms with E-state index >= 15 is 0 Å². The molecule has 2 aromatic heterocycles. The van der Waals surface area contributed by atoms with E-state index in [-0.39, 0.29) is 11.9 Å². The molecule has 4 aromatic rings. The Bertz CT molecular complexity index is 1310. The lowest BCUT2D eigenvalue weighted by Gasteiger charge is -2.12. The van der Waals surface area contributed by atoms with Gasteiger partial charge in [0.1, 0.15) is 0 Å². The summed E-state index contributed by atoms with van der Waals surface area (Å²) in [6.07, 6.45) is 18.0. The van der Waals surface area contributed by atoms with Crippen molar-refractivity contribution in [1.29, 1.82) is 0 Å². The van der Waals surface area contributed by atoms with Crippen LogP contribution in [0.25, 0.3) is 21.8 Å². The van der Waals surface area contributed by atoms with Crippen molar-refractivity contribution < 1.29 is 4.79 Å². The second-order valence-electron chi connectivity index (χ2n) is 11.5. The zero-order valence-electron chi connectivity index (χ0n) is 24.6. The average Bonchev–Trinajstić information content (AvgIpc) is 3.59. The van der Waals surface area contributed by atoms with E-state index in [1.54, 1.807) is 0 Å². The summed E-state index contributed by atoms with van der Waals surface area (Å²) in [7, 11) is 0. The number of nitrogens with one attached hydrogen (secondary N) is 4. The minimum atomic E-state index is -0.515. The van der Waals surface area contributed by atoms with Gasteiger partial charge in [0.05, 0.1) is 6.04 Å². The number of para-hydroxylation sites is 2. The summed E-state index contributed by atoms with van der Waals surface area (Å²) >= 11 is 0. The molecule has 222 valence electrons. The molecule has 0 saturated carbocycles. The molecule has 0 saturated heterocycles. The van der Waals surface area contributed by atoms with Crippen LogP contribution in [0.3, 0.4) is 0 Å². The lowest BCUT2D eigenvalue weighted by atomic mass is 10.0. The number of amides is 1. The van der Waals surface area contributed by atoms with E-state index in [1.165, 1.54) is 67.8 Å². The minimum Gasteiger partial charge on any atom is -0.361 e. The number of aromatic nitrogens is 2. The molecule has 1 amide bonds. The Morgan fingerprint density at radius 1 is 0.659 bits per heavy atom. The van der Waals surface area contributed by atoms with Gasteiger partial charge in [-0.1, -0.05) is 87.8 Å². The Morgan fingerprint density at radius 3 is 1.73 bits per heavy atom. The largest absolute Gasteiger partial charge is 0.361 e. The Hall–Kier alpha value is -3.13. The summed E-state index contributed by atoms with van der Waals surface area (Å²) in [5, 5.41) is 8.98. The van der Waals surface area contributed by atoms with Gasteiger partial charge >= 0.3 is 0 Å². The predicted octanol–water partition coefficient (Wildman–Crippen LogP) is 5.70. The molecule has 0 fully saturated rings. The molecule has 7 nitrogen and oxygen atoms in total. The van der Waals surface area contributed by atoms with Crippen LogP contribution in [0.5, 0.6) is 0 Å². The molecule has 0 radical (unpaired) electrons. The van der Waals surface area contributed by atoms with E-state index in [4.69, 9.17) is 11.5 Å². The Morgan fingerprint density at radius 2 is 1.15 bits per heavy atom. The number of aromatic amines is 2. The molecule has 0 spiro atoms. The van der Waals surface area contributed by atoms with Gasteiger partial charge in [-0.3, -0.25) is 4.79 Å². The maximum atomic E-state index is 12.4. The predicted molar refractivity (Wildman–Crippen MR) is 172 cm³/mol. The number of rotatable bonds is 20. The van der Waals surface area contributed by atoms with Crippen molar-refractivity contribution in [2.24, 2.45) is 11.5 Å². The van der Waals surface area contributed by atoms with E-state index < -0.39 is 6.04 Å². The molecular weight excluding hydrogens is 508 g/mol. The van der Waals surface area contributed by atoms with Crippen molar-refractivity contribution in [3.8, 4) is 0 Å². The molecule has 4 rings (SSSR count). The normalized spacial score (nSPS) is 13.1. The van der Waals surface area contributed by atoms with Gasteiger partial charge in [0.15, 0.2) is 0 Å². The molecule has 8 N–H and O–H groups in total. The number of unbranched alkanes of at least 4 members (excludes halogenated alkanes) is 9. The van der Waals surface area contributed by atoms with Crippen molar-refractivity contribution in [3.05, 3.63) is 72.1 Å². The topological polar surface area (TPSA) is 125 Å². The third-order valence-corrected chi connectivity index (χ3v) is 8.09. The van der Waals surface area contributed by atoms with Crippen molar-refractivity contribution in [1.82, 2.24) is 20.6 Å². The molecule has 2 heterocycles. The molecule has 7 heteroatoms. The fourth-order valence-electron chi connectivity index (χ4n) is 5.70. The van der Waals surface area contributed by atoms with Gasteiger partial charge < -0.3 is 32.1 Å². The molecule has 0 unspecified atom stereocenters. The number of carbonyl (C=O) groups is 1. The Kier molecular flexibility index (Phi) is 12.8. The molecule has 0 bridgehead atoms. The number of benzene rings is 2. The van der Waals surface area contributed by atoms with Gasteiger partial charge in [0, 0.05) is 53.3 Å². The Labute approximate surface area is 245 Å². The highest BCUT2D eigenvalue weighted by atomic mass is 16.2. The Balaban J connectivity index is 0.911. The smallest absolute Gasteiger partial charge is 0.237 e. The highest BCUT2D eigenvalue weighted by molar-refractivity contribution is 5.86. The van der Waals surface area contributed by atoms with E-state index in [0.29, 0.717) is 13.0 Å². The van der Waals surface area contributed by atoms with Crippen LogP contribution in [-0.2, 0) is 17.6 Å². The highest BCUT2D eigenvalue weighted by Gasteiger charge is 2.15. The van der Waals surface area contributed by atoms with E-state index in [9.17, 15) is 4.79 Å². The van der Waals surface area contributed by atoms with Gasteiger partial charge in [0.2, 0.25) is 5.91 Å². The summed E-state index contributed by atoms with van der Waals surface area (Å²) < 4.78 is 0. The molecule has 2 atom stereocenters. The van der Waals surface area contributed by atoms with Gasteiger partial charge in [-0.15, -0.1) is 0 Å². The van der Waals surface area contributed by atoms with Crippen LogP contribution in [-0.4, -0.2) is 47.6 Å². The van der Waals surface area contributed by atoms with Gasteiger partial charge in [-0.2, -0.15) is 0 Å². The molecule has 0 aliphatic heterocycles. The number of fused-ring (bicyclic) bond motifs is 2. The standard InChI is InChI=1S/C34H50N6O/c35-28(21-26-23-39-32-17-11-9-15-29(26)32)25-37-19-13-7-5-3-1-2-4-6-8-14-20-38-34(41)31(36)22-27-24-40-33-18-12-10-16-30(27)33/h9-12,15-18,23-24,28,31,37,39-40H,1-8,13-14,19-22,25,35-36H2,(H,38,41)/t28-,31+/m1/s1. The lowest BCUT2D eigenvalue weighted by Crippen LogP contribution is -2.42. The van der Waals surface area contributed by atoms with Crippen LogP contribution in [0.1, 0.15) is 75.3 Å². The van der Waals surface area contributed by atoms with Crippen LogP contribution in [0.15, 0.2) is 60.9 Å². The quantitative estimate of drug-likeness (QED) is 0.0779. The summed E-state index contributed by atoms with van der Waals surface area (Å²) in [4.78, 5) is 19.0. The number of carbonyl (C=O) groups excluding carboxylic acids is 1. The first-order valence-corrected chi connectivity index (χ1v) is 15.7. The van der Waals surface area contributed by atoms with Gasteiger partial charge in [0.25, 0.3) is 0 Å². The first-order chi connectivity index (χ1) is 20.1. The molecule has 41 heavy (non-hydrogen) atoms. The number of nitrogens with two attached hydrogens (primary N) is 2. The monoisotopic (exact) mass is 558 g/mol. The van der Waals surface area contributed by atoms with Crippen molar-refractivity contribution in [3.63, 3.8) is 0 Å². The number of hydrogen-bond donors (Lipinski definition) is 6. The summed E-state index contributed by atoms with van der Waals surface area (Å²) in [6, 6.07) is 16.2. The molecule has 2 aromatic carbocycles. The van der Waals surface area contributed by atoms with Crippen molar-refractivity contribution in [2.75, 3.05) is 19.6 Å². The molecule has 0 aliphatic carbocycles. The fraction of sp³-hybridized carbons (Fsp3) is 0.500. The van der Waals surface area contributed by atoms with E-state index in [1.807, 2.05) is 24.4 Å². The van der Waals surface area contributed by atoms with Crippen molar-refractivity contribution >= 4 is 27.7 Å². The fourth-order valence-corrected chi connectivity index (χ4v) is 5.70. The van der Waals surface area contributed by atoms with Crippen LogP contribution in [0.4, 0.5) is 0 Å². The molecule has 0 aliphatic rings. The number of H-pyrrole nitrogens is 2. The first kappa shape index (κ1) is 30.8. The number of hydrogen-bond acceptors (Lipinski definition) is 4. The van der Waals surface area contributed by atoms with Crippen LogP contribution >= 0.6 is 0 Å². The van der Waals surface area contributed by atoms with Crippen LogP contribution in [0, 0.1) is 0 Å². The lowest BCUT2D eigenvalue weighted by molar-refractivity contribution is -0.122. The summed E-state index contributed by atoms with van der Waals surface area (Å²) in [5.74, 6) is -0.0567. The SMILES string of the molecule is N[C@@H](CNCCCCCCCCCCCCNC(=O)[C@@H](N)Cc1c[nH]c2ccccc12)Cc1c[nH]c2ccccc12. The first-order valence-electron chi connectivity index (χ1n) is 15.7. The minimum absolute atomic E-state index is 0.0567. The van der Waals surface area contributed by atoms with E-state index in [0.717, 1.165) is 48.8 Å². The van der Waals surface area contributed by atoms with E-state index in [2.05, 4.69) is 57.1 Å². The maximum Gasteiger partial charge on any atom is 0.237 e. The molecular formula is C34H50N6O. The second kappa shape index (κ2) is 17.0. The third-order valence-electron chi connectivity index (χ3n) is 8.09. The van der Waals surface area contributed by atoms with Gasteiger partial charge in [-0.25, -0.2) is 0 Å². The van der Waals surface area contributed by atoms with Crippen molar-refractivity contribution in [2.45, 2.75) is 89.1 Å². The highest BCUT2D eigenvalue weighted by Crippen LogP contribution is 2.20. The second-order valence-corrected chi connectivity index (χ2v) is 11.5. The summed E-state index contributed by atoms with van der Waals surface area (Å²) in [6.45, 7) is 2.62. The zero-order chi connectivity index (χ0) is 28.7. The van der Waals surface area contributed by atoms with Gasteiger partial charge in [-0.05, 0) is 55.5 Å². The summed E-state index contributed by atoms with van der Waals surface area (Å²) in [5.41, 5.74) is 17.2. The van der Waals surface area contributed by atoms with Crippen LogP contribution < -0.4 is 22.1 Å². The maximum absolute atomic E-state index is 12.4. The third kappa shape index (κ3) is 10.0. The average molecular weight is 559 g/mol. The van der Waals surface area contributed by atoms with Crippen LogP contribution in [0.2, 0.25) is 0 Å².